The van der Waals surface area contributed by atoms with Gasteiger partial charge >= 0.3 is 0 Å². The summed E-state index contributed by atoms with van der Waals surface area (Å²) in [6.07, 6.45) is 1.01. The van der Waals surface area contributed by atoms with Gasteiger partial charge in [0.15, 0.2) is 0 Å². The van der Waals surface area contributed by atoms with Crippen LogP contribution in [0.15, 0.2) is 46.9 Å². The second-order valence-electron chi connectivity index (χ2n) is 5.06. The Morgan fingerprint density at radius 3 is 2.32 bits per heavy atom. The molecule has 118 valence electrons. The highest BCUT2D eigenvalue weighted by atomic mass is 79.9. The summed E-state index contributed by atoms with van der Waals surface area (Å²) < 4.78 is 11.8. The van der Waals surface area contributed by atoms with Crippen molar-refractivity contribution in [2.24, 2.45) is 0 Å². The zero-order valence-corrected chi connectivity index (χ0v) is 14.7. The molecular formula is C18H22BrNO2. The van der Waals surface area contributed by atoms with E-state index in [1.807, 2.05) is 18.2 Å². The van der Waals surface area contributed by atoms with E-state index in [9.17, 15) is 0 Å². The molecule has 0 saturated heterocycles. The number of hydrogen-bond donors (Lipinski definition) is 1. The topological polar surface area (TPSA) is 30.5 Å². The van der Waals surface area contributed by atoms with Crippen LogP contribution in [0.2, 0.25) is 0 Å². The zero-order valence-electron chi connectivity index (χ0n) is 13.1. The molecule has 0 aromatic heterocycles. The summed E-state index contributed by atoms with van der Waals surface area (Å²) in [5.41, 5.74) is 2.46. The van der Waals surface area contributed by atoms with E-state index in [0.717, 1.165) is 42.1 Å². The number of nitrogens with one attached hydrogen (secondary N) is 1. The van der Waals surface area contributed by atoms with Crippen molar-refractivity contribution in [3.05, 3.63) is 58.1 Å². The first-order valence-electron chi connectivity index (χ1n) is 7.47. The van der Waals surface area contributed by atoms with Crippen LogP contribution < -0.4 is 14.8 Å². The van der Waals surface area contributed by atoms with E-state index in [4.69, 9.17) is 9.47 Å². The van der Waals surface area contributed by atoms with Crippen LogP contribution in [0.25, 0.3) is 0 Å². The largest absolute Gasteiger partial charge is 0.497 e. The average molecular weight is 364 g/mol. The molecule has 0 atom stereocenters. The fourth-order valence-electron chi connectivity index (χ4n) is 2.08. The molecule has 0 unspecified atom stereocenters. The standard InChI is InChI=1S/C18H22BrNO2/c1-3-10-22-18-9-6-15(11-17(18)19)13-20-12-14-4-7-16(21-2)8-5-14/h4-9,11,20H,3,10,12-13H2,1-2H3. The molecule has 0 saturated carbocycles. The molecule has 2 aromatic carbocycles. The summed E-state index contributed by atoms with van der Waals surface area (Å²) >= 11 is 3.56. The number of halogens is 1. The molecule has 0 spiro atoms. The second-order valence-corrected chi connectivity index (χ2v) is 5.92. The molecule has 3 nitrogen and oxygen atoms in total. The van der Waals surface area contributed by atoms with Gasteiger partial charge in [0, 0.05) is 13.1 Å². The first kappa shape index (κ1) is 16.8. The van der Waals surface area contributed by atoms with Crippen LogP contribution in [-0.2, 0) is 13.1 Å². The van der Waals surface area contributed by atoms with Gasteiger partial charge in [0.25, 0.3) is 0 Å². The highest BCUT2D eigenvalue weighted by Gasteiger charge is 2.02. The summed E-state index contributed by atoms with van der Waals surface area (Å²) in [7, 11) is 1.68. The number of methoxy groups -OCH3 is 1. The molecular weight excluding hydrogens is 342 g/mol. The Morgan fingerprint density at radius 1 is 1.00 bits per heavy atom. The SMILES string of the molecule is CCCOc1ccc(CNCc2ccc(OC)cc2)cc1Br. The first-order valence-corrected chi connectivity index (χ1v) is 8.27. The summed E-state index contributed by atoms with van der Waals surface area (Å²) in [6.45, 7) is 4.49. The fourth-order valence-corrected chi connectivity index (χ4v) is 2.62. The Morgan fingerprint density at radius 2 is 1.68 bits per heavy atom. The molecule has 1 N–H and O–H groups in total. The number of rotatable bonds is 8. The van der Waals surface area contributed by atoms with E-state index in [1.165, 1.54) is 11.1 Å². The molecule has 2 aromatic rings. The summed E-state index contributed by atoms with van der Waals surface area (Å²) in [4.78, 5) is 0. The Labute approximate surface area is 140 Å². The van der Waals surface area contributed by atoms with Crippen LogP contribution >= 0.6 is 15.9 Å². The zero-order chi connectivity index (χ0) is 15.8. The summed E-state index contributed by atoms with van der Waals surface area (Å²) in [5.74, 6) is 1.79. The van der Waals surface area contributed by atoms with Crippen molar-refractivity contribution in [2.45, 2.75) is 26.4 Å². The predicted molar refractivity (Wildman–Crippen MR) is 93.5 cm³/mol. The minimum absolute atomic E-state index is 0.744. The lowest BCUT2D eigenvalue weighted by atomic mass is 10.2. The fraction of sp³-hybridized carbons (Fsp3) is 0.333. The van der Waals surface area contributed by atoms with E-state index in [-0.39, 0.29) is 0 Å². The Kier molecular flexibility index (Phi) is 6.74. The minimum Gasteiger partial charge on any atom is -0.497 e. The number of hydrogen-bond acceptors (Lipinski definition) is 3. The van der Waals surface area contributed by atoms with Crippen molar-refractivity contribution < 1.29 is 9.47 Å². The molecule has 0 heterocycles. The maximum Gasteiger partial charge on any atom is 0.133 e. The third kappa shape index (κ3) is 5.04. The van der Waals surface area contributed by atoms with Gasteiger partial charge in [0.05, 0.1) is 18.2 Å². The van der Waals surface area contributed by atoms with Gasteiger partial charge in [-0.2, -0.15) is 0 Å². The smallest absolute Gasteiger partial charge is 0.133 e. The molecule has 0 fully saturated rings. The van der Waals surface area contributed by atoms with E-state index in [0.29, 0.717) is 0 Å². The molecule has 22 heavy (non-hydrogen) atoms. The minimum atomic E-state index is 0.744. The molecule has 0 aliphatic heterocycles. The van der Waals surface area contributed by atoms with Crippen molar-refractivity contribution in [1.29, 1.82) is 0 Å². The van der Waals surface area contributed by atoms with Crippen molar-refractivity contribution in [2.75, 3.05) is 13.7 Å². The molecule has 2 rings (SSSR count). The van der Waals surface area contributed by atoms with Crippen molar-refractivity contribution in [1.82, 2.24) is 5.32 Å². The first-order chi connectivity index (χ1) is 10.7. The van der Waals surface area contributed by atoms with Crippen LogP contribution in [0.5, 0.6) is 11.5 Å². The molecule has 0 bridgehead atoms. The molecule has 4 heteroatoms. The molecule has 0 radical (unpaired) electrons. The van der Waals surface area contributed by atoms with Gasteiger partial charge in [-0.25, -0.2) is 0 Å². The lowest BCUT2D eigenvalue weighted by Gasteiger charge is -2.10. The highest BCUT2D eigenvalue weighted by Crippen LogP contribution is 2.26. The van der Waals surface area contributed by atoms with E-state index >= 15 is 0 Å². The van der Waals surface area contributed by atoms with Gasteiger partial charge in [-0.1, -0.05) is 25.1 Å². The van der Waals surface area contributed by atoms with E-state index in [2.05, 4.69) is 52.4 Å². The summed E-state index contributed by atoms with van der Waals surface area (Å²) in [6, 6.07) is 14.3. The van der Waals surface area contributed by atoms with Gasteiger partial charge in [0.1, 0.15) is 11.5 Å². The van der Waals surface area contributed by atoms with E-state index in [1.54, 1.807) is 7.11 Å². The molecule has 0 aliphatic rings. The van der Waals surface area contributed by atoms with Crippen molar-refractivity contribution in [3.63, 3.8) is 0 Å². The third-order valence-corrected chi connectivity index (χ3v) is 3.89. The average Bonchev–Trinajstić information content (AvgIpc) is 2.55. The lowest BCUT2D eigenvalue weighted by Crippen LogP contribution is -2.12. The van der Waals surface area contributed by atoms with Crippen LogP contribution in [0.4, 0.5) is 0 Å². The quantitative estimate of drug-likeness (QED) is 0.746. The normalized spacial score (nSPS) is 10.5. The third-order valence-electron chi connectivity index (χ3n) is 3.28. The monoisotopic (exact) mass is 363 g/mol. The second kappa shape index (κ2) is 8.81. The van der Waals surface area contributed by atoms with Gasteiger partial charge in [-0.3, -0.25) is 0 Å². The number of benzene rings is 2. The molecule has 0 aliphatic carbocycles. The number of ether oxygens (including phenoxy) is 2. The lowest BCUT2D eigenvalue weighted by molar-refractivity contribution is 0.315. The Hall–Kier alpha value is -1.52. The predicted octanol–water partition coefficient (Wildman–Crippen LogP) is 4.54. The van der Waals surface area contributed by atoms with Crippen LogP contribution in [0.1, 0.15) is 24.5 Å². The van der Waals surface area contributed by atoms with Gasteiger partial charge in [-0.15, -0.1) is 0 Å². The summed E-state index contributed by atoms with van der Waals surface area (Å²) in [5, 5.41) is 3.44. The van der Waals surface area contributed by atoms with Crippen LogP contribution in [-0.4, -0.2) is 13.7 Å². The Balaban J connectivity index is 1.84. The van der Waals surface area contributed by atoms with Gasteiger partial charge < -0.3 is 14.8 Å². The van der Waals surface area contributed by atoms with Crippen molar-refractivity contribution in [3.8, 4) is 11.5 Å². The van der Waals surface area contributed by atoms with Crippen LogP contribution in [0, 0.1) is 0 Å². The van der Waals surface area contributed by atoms with Crippen molar-refractivity contribution >= 4 is 15.9 Å². The van der Waals surface area contributed by atoms with Crippen LogP contribution in [0.3, 0.4) is 0 Å². The van der Waals surface area contributed by atoms with E-state index < -0.39 is 0 Å². The maximum atomic E-state index is 5.66. The maximum absolute atomic E-state index is 5.66. The highest BCUT2D eigenvalue weighted by molar-refractivity contribution is 9.10. The van der Waals surface area contributed by atoms with Gasteiger partial charge in [-0.05, 0) is 57.7 Å². The Bertz CT molecular complexity index is 584. The molecule has 0 amide bonds. The van der Waals surface area contributed by atoms with Gasteiger partial charge in [0.2, 0.25) is 0 Å².